The van der Waals surface area contributed by atoms with Crippen molar-refractivity contribution >= 4 is 39.3 Å². The Morgan fingerprint density at radius 1 is 0.932 bits per heavy atom. The van der Waals surface area contributed by atoms with E-state index in [1.165, 1.54) is 5.56 Å². The molecule has 0 saturated carbocycles. The molecule has 1 aromatic heterocycles. The van der Waals surface area contributed by atoms with Crippen LogP contribution in [0.4, 0.5) is 5.69 Å². The first-order chi connectivity index (χ1) is 21.5. The Labute approximate surface area is 257 Å². The number of likely N-dealkylation sites (N-methyl/N-ethyl adjacent to an activating group) is 1. The molecule has 44 heavy (non-hydrogen) atoms. The highest BCUT2D eigenvalue weighted by atomic mass is 16.5. The molecule has 6 rings (SSSR count). The fraction of sp³-hybridized carbons (Fsp3) is 0.222. The highest BCUT2D eigenvalue weighted by Crippen LogP contribution is 2.26. The van der Waals surface area contributed by atoms with E-state index in [1.807, 2.05) is 42.6 Å². The highest BCUT2D eigenvalue weighted by Gasteiger charge is 2.14. The Hall–Kier alpha value is -4.76. The summed E-state index contributed by atoms with van der Waals surface area (Å²) in [5.74, 6) is 0.279. The normalized spacial score (nSPS) is 14.5. The molecule has 0 aliphatic carbocycles. The minimum atomic E-state index is -0.544. The van der Waals surface area contributed by atoms with Crippen LogP contribution in [0.1, 0.15) is 21.5 Å². The Balaban J connectivity index is 1.20. The fourth-order valence-corrected chi connectivity index (χ4v) is 5.52. The van der Waals surface area contributed by atoms with Crippen LogP contribution in [-0.4, -0.2) is 72.3 Å². The van der Waals surface area contributed by atoms with E-state index < -0.39 is 5.91 Å². The average molecular weight is 588 g/mol. The number of hydrogen-bond donors (Lipinski definition) is 3. The average Bonchev–Trinajstić information content (AvgIpc) is 3.06. The van der Waals surface area contributed by atoms with Crippen molar-refractivity contribution in [2.45, 2.75) is 6.54 Å². The number of benzene rings is 4. The summed E-state index contributed by atoms with van der Waals surface area (Å²) in [6, 6.07) is 30.0. The van der Waals surface area contributed by atoms with E-state index in [4.69, 9.17) is 14.9 Å². The summed E-state index contributed by atoms with van der Waals surface area (Å²) in [4.78, 5) is 21.4. The summed E-state index contributed by atoms with van der Waals surface area (Å²) in [7, 11) is 2.18. The zero-order valence-corrected chi connectivity index (χ0v) is 24.9. The third-order valence-electron chi connectivity index (χ3n) is 8.08. The number of carbonyl (C=O) groups excluding carboxylic acids is 1. The van der Waals surface area contributed by atoms with Crippen LogP contribution in [0.25, 0.3) is 27.8 Å². The minimum absolute atomic E-state index is 0.371. The topological polar surface area (TPSA) is 90.0 Å². The third-order valence-corrected chi connectivity index (χ3v) is 8.08. The number of aromatic nitrogens is 1. The van der Waals surface area contributed by atoms with Crippen LogP contribution >= 0.6 is 0 Å². The van der Waals surface area contributed by atoms with Crippen LogP contribution in [0, 0.1) is 0 Å². The van der Waals surface area contributed by atoms with Gasteiger partial charge in [0.15, 0.2) is 0 Å². The predicted molar refractivity (Wildman–Crippen MR) is 176 cm³/mol. The number of carbonyl (C=O) groups is 1. The summed E-state index contributed by atoms with van der Waals surface area (Å²) in [5, 5.41) is 15.8. The predicted octanol–water partition coefficient (Wildman–Crippen LogP) is 5.83. The molecule has 0 unspecified atom stereocenters. The van der Waals surface area contributed by atoms with E-state index in [9.17, 15) is 4.79 Å². The SMILES string of the molecule is CN1CCN(Cc2ccc3ncc(NC/C(=C/c4ccc(C(=O)NO)cc4)COc4cccc5ccccc45)cc3c2)CC1. The van der Waals surface area contributed by atoms with Crippen molar-refractivity contribution in [3.8, 4) is 5.75 Å². The van der Waals surface area contributed by atoms with Crippen molar-refractivity contribution in [2.24, 2.45) is 0 Å². The first-order valence-electron chi connectivity index (χ1n) is 14.9. The highest BCUT2D eigenvalue weighted by molar-refractivity contribution is 5.93. The molecule has 8 heteroatoms. The first kappa shape index (κ1) is 29.3. The molecule has 0 atom stereocenters. The molecule has 0 radical (unpaired) electrons. The fourth-order valence-electron chi connectivity index (χ4n) is 5.52. The molecule has 4 aromatic carbocycles. The molecule has 3 N–H and O–H groups in total. The van der Waals surface area contributed by atoms with Gasteiger partial charge in [0.1, 0.15) is 12.4 Å². The van der Waals surface area contributed by atoms with E-state index >= 15 is 0 Å². The number of hydroxylamine groups is 1. The second-order valence-corrected chi connectivity index (χ2v) is 11.3. The maximum Gasteiger partial charge on any atom is 0.274 e. The van der Waals surface area contributed by atoms with Gasteiger partial charge in [-0.15, -0.1) is 0 Å². The van der Waals surface area contributed by atoms with Crippen LogP contribution in [0.15, 0.2) is 103 Å². The van der Waals surface area contributed by atoms with Crippen molar-refractivity contribution in [1.82, 2.24) is 20.3 Å². The zero-order valence-electron chi connectivity index (χ0n) is 24.9. The molecule has 1 fully saturated rings. The molecule has 1 amide bonds. The monoisotopic (exact) mass is 587 g/mol. The number of anilines is 1. The second-order valence-electron chi connectivity index (χ2n) is 11.3. The summed E-state index contributed by atoms with van der Waals surface area (Å²) in [6.45, 7) is 6.23. The lowest BCUT2D eigenvalue weighted by Crippen LogP contribution is -2.43. The third kappa shape index (κ3) is 7.23. The molecular weight excluding hydrogens is 550 g/mol. The van der Waals surface area contributed by atoms with Gasteiger partial charge in [-0.1, -0.05) is 60.7 Å². The van der Waals surface area contributed by atoms with Crippen LogP contribution in [0.3, 0.4) is 0 Å². The van der Waals surface area contributed by atoms with Crippen LogP contribution in [0.2, 0.25) is 0 Å². The number of piperazine rings is 1. The lowest BCUT2D eigenvalue weighted by atomic mass is 10.1. The van der Waals surface area contributed by atoms with Gasteiger partial charge in [-0.25, -0.2) is 5.48 Å². The molecule has 0 bridgehead atoms. The van der Waals surface area contributed by atoms with Crippen molar-refractivity contribution in [3.63, 3.8) is 0 Å². The van der Waals surface area contributed by atoms with Gasteiger partial charge in [-0.05, 0) is 65.5 Å². The number of rotatable bonds is 10. The summed E-state index contributed by atoms with van der Waals surface area (Å²) >= 11 is 0. The van der Waals surface area contributed by atoms with Gasteiger partial charge in [-0.3, -0.25) is 19.9 Å². The van der Waals surface area contributed by atoms with E-state index in [1.54, 1.807) is 17.6 Å². The largest absolute Gasteiger partial charge is 0.489 e. The quantitative estimate of drug-likeness (QED) is 0.140. The van der Waals surface area contributed by atoms with Gasteiger partial charge in [-0.2, -0.15) is 0 Å². The molecule has 1 aliphatic heterocycles. The number of ether oxygens (including phenoxy) is 1. The van der Waals surface area contributed by atoms with Gasteiger partial charge in [0, 0.05) is 55.6 Å². The van der Waals surface area contributed by atoms with Crippen LogP contribution < -0.4 is 15.5 Å². The zero-order chi connectivity index (χ0) is 30.3. The summed E-state index contributed by atoms with van der Waals surface area (Å²) < 4.78 is 6.36. The molecule has 0 spiro atoms. The molecule has 2 heterocycles. The maximum atomic E-state index is 11.8. The van der Waals surface area contributed by atoms with E-state index in [-0.39, 0.29) is 0 Å². The van der Waals surface area contributed by atoms with Gasteiger partial charge in [0.25, 0.3) is 5.91 Å². The van der Waals surface area contributed by atoms with E-state index in [2.05, 4.69) is 70.7 Å². The summed E-state index contributed by atoms with van der Waals surface area (Å²) in [6.07, 6.45) is 3.93. The van der Waals surface area contributed by atoms with Gasteiger partial charge in [0.05, 0.1) is 17.4 Å². The molecule has 1 saturated heterocycles. The minimum Gasteiger partial charge on any atom is -0.489 e. The van der Waals surface area contributed by atoms with Crippen molar-refractivity contribution < 1.29 is 14.7 Å². The van der Waals surface area contributed by atoms with Crippen molar-refractivity contribution in [2.75, 3.05) is 51.7 Å². The molecule has 8 nitrogen and oxygen atoms in total. The van der Waals surface area contributed by atoms with E-state index in [0.29, 0.717) is 18.7 Å². The maximum absolute atomic E-state index is 11.8. The standard InChI is InChI=1S/C36H37N5O3/c1-40-15-17-41(18-16-40)24-27-11-14-34-31(20-27)21-32(23-38-34)37-22-28(19-26-9-12-30(13-10-26)36(42)39-43)25-44-35-8-4-6-29-5-2-3-7-33(29)35/h2-14,19-21,23,37,43H,15-18,22,24-25H2,1H3,(H,39,42)/b28-19-. The van der Waals surface area contributed by atoms with Gasteiger partial charge < -0.3 is 15.0 Å². The molecule has 224 valence electrons. The Bertz CT molecular complexity index is 1770. The molecule has 5 aromatic rings. The number of nitrogens with zero attached hydrogens (tertiary/aromatic N) is 3. The smallest absolute Gasteiger partial charge is 0.274 e. The number of amides is 1. The Morgan fingerprint density at radius 2 is 1.73 bits per heavy atom. The number of fused-ring (bicyclic) bond motifs is 2. The van der Waals surface area contributed by atoms with Crippen molar-refractivity contribution in [3.05, 3.63) is 119 Å². The number of nitrogens with one attached hydrogen (secondary N) is 2. The van der Waals surface area contributed by atoms with Crippen LogP contribution in [-0.2, 0) is 6.54 Å². The first-order valence-corrected chi connectivity index (χ1v) is 14.9. The van der Waals surface area contributed by atoms with Crippen LogP contribution in [0.5, 0.6) is 5.75 Å². The number of hydrogen-bond acceptors (Lipinski definition) is 7. The number of pyridine rings is 1. The summed E-state index contributed by atoms with van der Waals surface area (Å²) in [5.41, 5.74) is 7.19. The molecule has 1 aliphatic rings. The van der Waals surface area contributed by atoms with Gasteiger partial charge in [0.2, 0.25) is 0 Å². The lowest BCUT2D eigenvalue weighted by Gasteiger charge is -2.32. The Kier molecular flexibility index (Phi) is 9.12. The second kappa shape index (κ2) is 13.7. The lowest BCUT2D eigenvalue weighted by molar-refractivity contribution is 0.0706. The molecular formula is C36H37N5O3. The van der Waals surface area contributed by atoms with Crippen molar-refractivity contribution in [1.29, 1.82) is 0 Å². The van der Waals surface area contributed by atoms with Gasteiger partial charge >= 0.3 is 0 Å². The Morgan fingerprint density at radius 3 is 2.55 bits per heavy atom. The van der Waals surface area contributed by atoms with E-state index in [0.717, 1.165) is 77.0 Å².